The molecular weight excluding hydrogens is 244 g/mol. The summed E-state index contributed by atoms with van der Waals surface area (Å²) in [5, 5.41) is 19.1. The van der Waals surface area contributed by atoms with Crippen molar-refractivity contribution in [3.63, 3.8) is 0 Å². The van der Waals surface area contributed by atoms with Crippen molar-refractivity contribution in [1.29, 1.82) is 0 Å². The Hall–Kier alpha value is -1.60. The topological polar surface area (TPSA) is 106 Å². The lowest BCUT2D eigenvalue weighted by Gasteiger charge is -2.05. The molecule has 17 heavy (non-hydrogen) atoms. The number of benzene rings is 1. The Bertz CT molecular complexity index is 425. The zero-order chi connectivity index (χ0) is 12.8. The third kappa shape index (κ3) is 4.41. The Kier molecular flexibility index (Phi) is 4.92. The van der Waals surface area contributed by atoms with Crippen LogP contribution in [-0.2, 0) is 10.5 Å². The maximum Gasteiger partial charge on any atom is 0.321 e. The Balaban J connectivity index is 2.49. The molecule has 0 bridgehead atoms. The first-order chi connectivity index (χ1) is 8.00. The van der Waals surface area contributed by atoms with E-state index < -0.39 is 16.9 Å². The molecule has 6 nitrogen and oxygen atoms in total. The first kappa shape index (κ1) is 13.5. The van der Waals surface area contributed by atoms with Crippen molar-refractivity contribution in [2.75, 3.05) is 5.75 Å². The Morgan fingerprint density at radius 2 is 2.29 bits per heavy atom. The van der Waals surface area contributed by atoms with Gasteiger partial charge >= 0.3 is 5.97 Å². The molecule has 0 aliphatic carbocycles. The number of nitrogens with zero attached hydrogens (tertiary/aromatic N) is 1. The summed E-state index contributed by atoms with van der Waals surface area (Å²) in [6.45, 7) is 0. The zero-order valence-corrected chi connectivity index (χ0v) is 9.72. The van der Waals surface area contributed by atoms with E-state index >= 15 is 0 Å². The summed E-state index contributed by atoms with van der Waals surface area (Å²) in [4.78, 5) is 20.5. The predicted octanol–water partition coefficient (Wildman–Crippen LogP) is 1.24. The van der Waals surface area contributed by atoms with Crippen LogP contribution >= 0.6 is 11.8 Å². The van der Waals surface area contributed by atoms with Gasteiger partial charge in [-0.25, -0.2) is 0 Å². The van der Waals surface area contributed by atoms with Crippen molar-refractivity contribution >= 4 is 23.4 Å². The first-order valence-corrected chi connectivity index (χ1v) is 5.95. The molecule has 0 radical (unpaired) electrons. The number of carbonyl (C=O) groups is 1. The fourth-order valence-corrected chi connectivity index (χ4v) is 2.06. The molecule has 0 fully saturated rings. The highest BCUT2D eigenvalue weighted by Crippen LogP contribution is 2.18. The third-order valence-corrected chi connectivity index (χ3v) is 3.14. The number of hydrogen-bond acceptors (Lipinski definition) is 5. The van der Waals surface area contributed by atoms with Gasteiger partial charge in [0.05, 0.1) is 4.92 Å². The second kappa shape index (κ2) is 6.21. The monoisotopic (exact) mass is 256 g/mol. The molecule has 0 heterocycles. The third-order valence-electron chi connectivity index (χ3n) is 2.00. The van der Waals surface area contributed by atoms with Gasteiger partial charge in [-0.15, -0.1) is 0 Å². The number of carboxylic acid groups (broad SMARTS) is 1. The van der Waals surface area contributed by atoms with E-state index in [1.807, 2.05) is 0 Å². The van der Waals surface area contributed by atoms with Gasteiger partial charge in [-0.2, -0.15) is 11.8 Å². The fourth-order valence-electron chi connectivity index (χ4n) is 1.13. The summed E-state index contributed by atoms with van der Waals surface area (Å²) in [5.41, 5.74) is 6.14. The van der Waals surface area contributed by atoms with Gasteiger partial charge in [0, 0.05) is 23.6 Å². The van der Waals surface area contributed by atoms with Crippen molar-refractivity contribution in [2.45, 2.75) is 11.8 Å². The van der Waals surface area contributed by atoms with Gasteiger partial charge in [0.1, 0.15) is 6.04 Å². The molecule has 1 atom stereocenters. The van der Waals surface area contributed by atoms with E-state index in [1.54, 1.807) is 12.1 Å². The van der Waals surface area contributed by atoms with Crippen molar-refractivity contribution in [1.82, 2.24) is 0 Å². The van der Waals surface area contributed by atoms with Gasteiger partial charge in [0.2, 0.25) is 0 Å². The molecule has 3 N–H and O–H groups in total. The van der Waals surface area contributed by atoms with Crippen LogP contribution in [0.3, 0.4) is 0 Å². The van der Waals surface area contributed by atoms with Gasteiger partial charge in [-0.05, 0) is 5.56 Å². The standard InChI is InChI=1S/C10H12N2O4S/c11-9(10(13)14)6-17-5-7-2-1-3-8(4-7)12(15)16/h1-4,9H,5-6,11H2,(H,13,14). The van der Waals surface area contributed by atoms with Crippen LogP contribution in [0.15, 0.2) is 24.3 Å². The molecule has 1 rings (SSSR count). The first-order valence-electron chi connectivity index (χ1n) is 4.80. The zero-order valence-electron chi connectivity index (χ0n) is 8.91. The fraction of sp³-hybridized carbons (Fsp3) is 0.300. The Morgan fingerprint density at radius 1 is 1.59 bits per heavy atom. The molecule has 0 aliphatic rings. The molecule has 0 spiro atoms. The number of nitrogens with two attached hydrogens (primary N) is 1. The van der Waals surface area contributed by atoms with Crippen LogP contribution in [0.2, 0.25) is 0 Å². The lowest BCUT2D eigenvalue weighted by molar-refractivity contribution is -0.384. The van der Waals surface area contributed by atoms with Crippen LogP contribution < -0.4 is 5.73 Å². The molecule has 1 aromatic carbocycles. The molecule has 0 aliphatic heterocycles. The maximum absolute atomic E-state index is 10.5. The highest BCUT2D eigenvalue weighted by Gasteiger charge is 2.11. The van der Waals surface area contributed by atoms with E-state index in [9.17, 15) is 14.9 Å². The molecular formula is C10H12N2O4S. The van der Waals surface area contributed by atoms with Crippen LogP contribution in [0.1, 0.15) is 5.56 Å². The molecule has 1 unspecified atom stereocenters. The van der Waals surface area contributed by atoms with Gasteiger partial charge < -0.3 is 10.8 Å². The number of thioether (sulfide) groups is 1. The molecule has 0 aromatic heterocycles. The summed E-state index contributed by atoms with van der Waals surface area (Å²) in [6, 6.07) is 5.34. The molecule has 7 heteroatoms. The van der Waals surface area contributed by atoms with E-state index in [2.05, 4.69) is 0 Å². The van der Waals surface area contributed by atoms with Gasteiger partial charge in [0.15, 0.2) is 0 Å². The highest BCUT2D eigenvalue weighted by atomic mass is 32.2. The number of carboxylic acids is 1. The van der Waals surface area contributed by atoms with Crippen LogP contribution in [0.4, 0.5) is 5.69 Å². The second-order valence-corrected chi connectivity index (χ2v) is 4.42. The van der Waals surface area contributed by atoms with Gasteiger partial charge in [-0.3, -0.25) is 14.9 Å². The van der Waals surface area contributed by atoms with Crippen LogP contribution in [0.25, 0.3) is 0 Å². The SMILES string of the molecule is NC(CSCc1cccc([N+](=O)[O-])c1)C(=O)O. The largest absolute Gasteiger partial charge is 0.480 e. The van der Waals surface area contributed by atoms with E-state index in [1.165, 1.54) is 23.9 Å². The molecule has 0 saturated heterocycles. The smallest absolute Gasteiger partial charge is 0.321 e. The number of nitro groups is 1. The summed E-state index contributed by atoms with van der Waals surface area (Å²) < 4.78 is 0. The minimum atomic E-state index is -1.04. The number of nitro benzene ring substituents is 1. The number of aliphatic carboxylic acids is 1. The maximum atomic E-state index is 10.5. The van der Waals surface area contributed by atoms with Gasteiger partial charge in [-0.1, -0.05) is 12.1 Å². The van der Waals surface area contributed by atoms with E-state index in [-0.39, 0.29) is 11.4 Å². The predicted molar refractivity (Wildman–Crippen MR) is 64.9 cm³/mol. The number of hydrogen-bond donors (Lipinski definition) is 2. The number of non-ortho nitro benzene ring substituents is 1. The summed E-state index contributed by atoms with van der Waals surface area (Å²) in [7, 11) is 0. The van der Waals surface area contributed by atoms with E-state index in [4.69, 9.17) is 10.8 Å². The lowest BCUT2D eigenvalue weighted by Crippen LogP contribution is -2.32. The quantitative estimate of drug-likeness (QED) is 0.585. The van der Waals surface area contributed by atoms with Crippen LogP contribution in [0.5, 0.6) is 0 Å². The molecule has 0 amide bonds. The van der Waals surface area contributed by atoms with Gasteiger partial charge in [0.25, 0.3) is 5.69 Å². The van der Waals surface area contributed by atoms with Crippen molar-refractivity contribution < 1.29 is 14.8 Å². The average molecular weight is 256 g/mol. The average Bonchev–Trinajstić information content (AvgIpc) is 2.29. The molecule has 0 saturated carbocycles. The van der Waals surface area contributed by atoms with Crippen molar-refractivity contribution in [3.8, 4) is 0 Å². The van der Waals surface area contributed by atoms with E-state index in [0.717, 1.165) is 5.56 Å². The van der Waals surface area contributed by atoms with Crippen molar-refractivity contribution in [2.24, 2.45) is 5.73 Å². The second-order valence-electron chi connectivity index (χ2n) is 3.39. The summed E-state index contributed by atoms with van der Waals surface area (Å²) in [5.74, 6) is -0.266. The van der Waals surface area contributed by atoms with E-state index in [0.29, 0.717) is 5.75 Å². The normalized spacial score (nSPS) is 12.1. The Morgan fingerprint density at radius 3 is 2.88 bits per heavy atom. The lowest BCUT2D eigenvalue weighted by atomic mass is 10.2. The Labute approximate surface area is 102 Å². The minimum absolute atomic E-state index is 0.0330. The number of rotatable bonds is 6. The highest BCUT2D eigenvalue weighted by molar-refractivity contribution is 7.98. The molecule has 1 aromatic rings. The minimum Gasteiger partial charge on any atom is -0.480 e. The molecule has 92 valence electrons. The van der Waals surface area contributed by atoms with Crippen molar-refractivity contribution in [3.05, 3.63) is 39.9 Å². The summed E-state index contributed by atoms with van der Waals surface area (Å²) >= 11 is 1.33. The summed E-state index contributed by atoms with van der Waals surface area (Å²) in [6.07, 6.45) is 0. The van der Waals surface area contributed by atoms with Crippen LogP contribution in [0, 0.1) is 10.1 Å². The van der Waals surface area contributed by atoms with Crippen LogP contribution in [-0.4, -0.2) is 27.8 Å².